The molecule has 5 nitrogen and oxygen atoms in total. The van der Waals surface area contributed by atoms with E-state index >= 15 is 0 Å². The molecule has 1 aliphatic carbocycles. The minimum Gasteiger partial charge on any atom is -0.358 e. The van der Waals surface area contributed by atoms with Gasteiger partial charge in [0.2, 0.25) is 0 Å². The number of hydrogen-bond donors (Lipinski definition) is 1. The van der Waals surface area contributed by atoms with Crippen molar-refractivity contribution in [2.45, 2.75) is 19.4 Å². The van der Waals surface area contributed by atoms with E-state index in [9.17, 15) is 10.1 Å². The summed E-state index contributed by atoms with van der Waals surface area (Å²) in [7, 11) is 0. The number of thiazole rings is 1. The zero-order valence-electron chi connectivity index (χ0n) is 7.06. The second kappa shape index (κ2) is 2.95. The topological polar surface area (TPSA) is 68.1 Å². The van der Waals surface area contributed by atoms with Crippen molar-refractivity contribution in [1.82, 2.24) is 4.98 Å². The van der Waals surface area contributed by atoms with Gasteiger partial charge in [-0.1, -0.05) is 6.92 Å². The van der Waals surface area contributed by atoms with Crippen molar-refractivity contribution in [3.8, 4) is 0 Å². The molecule has 6 heteroatoms. The highest BCUT2D eigenvalue weighted by molar-refractivity contribution is 7.18. The summed E-state index contributed by atoms with van der Waals surface area (Å²) in [4.78, 5) is 13.8. The number of hydrogen-bond acceptors (Lipinski definition) is 5. The highest BCUT2D eigenvalue weighted by atomic mass is 32.1. The lowest BCUT2D eigenvalue weighted by Crippen LogP contribution is -2.02. The summed E-state index contributed by atoms with van der Waals surface area (Å²) in [6.07, 6.45) is 2.42. The van der Waals surface area contributed by atoms with E-state index in [1.54, 1.807) is 0 Å². The van der Waals surface area contributed by atoms with Crippen molar-refractivity contribution >= 4 is 21.5 Å². The molecular weight excluding hydrogens is 190 g/mol. The third kappa shape index (κ3) is 1.77. The van der Waals surface area contributed by atoms with Gasteiger partial charge in [0.25, 0.3) is 0 Å². The molecule has 0 spiro atoms. The number of aromatic nitrogens is 1. The predicted molar refractivity (Wildman–Crippen MR) is 50.0 cm³/mol. The maximum Gasteiger partial charge on any atom is 0.345 e. The van der Waals surface area contributed by atoms with E-state index in [0.29, 0.717) is 17.1 Å². The maximum absolute atomic E-state index is 10.3. The van der Waals surface area contributed by atoms with Crippen molar-refractivity contribution in [2.24, 2.45) is 5.92 Å². The molecule has 1 fully saturated rings. The van der Waals surface area contributed by atoms with Crippen LogP contribution in [0.2, 0.25) is 0 Å². The van der Waals surface area contributed by atoms with Crippen LogP contribution in [-0.4, -0.2) is 15.9 Å². The van der Waals surface area contributed by atoms with Gasteiger partial charge in [-0.3, -0.25) is 10.1 Å². The van der Waals surface area contributed by atoms with E-state index in [4.69, 9.17) is 0 Å². The Bertz CT molecular complexity index is 338. The Morgan fingerprint density at radius 1 is 1.85 bits per heavy atom. The van der Waals surface area contributed by atoms with Gasteiger partial charge in [-0.25, -0.2) is 4.98 Å². The van der Waals surface area contributed by atoms with Gasteiger partial charge in [0, 0.05) is 6.04 Å². The molecule has 0 bridgehead atoms. The van der Waals surface area contributed by atoms with Gasteiger partial charge in [-0.15, -0.1) is 0 Å². The lowest BCUT2D eigenvalue weighted by atomic mass is 10.5. The molecule has 13 heavy (non-hydrogen) atoms. The summed E-state index contributed by atoms with van der Waals surface area (Å²) in [6.45, 7) is 2.14. The Labute approximate surface area is 78.9 Å². The van der Waals surface area contributed by atoms with Crippen LogP contribution in [0.15, 0.2) is 6.20 Å². The molecule has 2 unspecified atom stereocenters. The van der Waals surface area contributed by atoms with Crippen LogP contribution >= 0.6 is 11.3 Å². The molecule has 1 aromatic heterocycles. The molecule has 1 N–H and O–H groups in total. The van der Waals surface area contributed by atoms with E-state index < -0.39 is 4.92 Å². The maximum atomic E-state index is 10.3. The van der Waals surface area contributed by atoms with Gasteiger partial charge in [0.1, 0.15) is 6.20 Å². The lowest BCUT2D eigenvalue weighted by Gasteiger charge is -1.96. The number of rotatable bonds is 3. The van der Waals surface area contributed by atoms with Crippen LogP contribution in [0, 0.1) is 16.0 Å². The quantitative estimate of drug-likeness (QED) is 0.596. The average molecular weight is 199 g/mol. The third-order valence-corrected chi connectivity index (χ3v) is 2.97. The van der Waals surface area contributed by atoms with Crippen LogP contribution in [0.3, 0.4) is 0 Å². The standard InChI is InChI=1S/C7H9N3O2S/c1-4-2-5(4)9-7-8-3-6(13-7)10(11)12/h3-5H,2H2,1H3,(H,8,9). The molecule has 2 rings (SSSR count). The summed E-state index contributed by atoms with van der Waals surface area (Å²) in [5.74, 6) is 0.669. The Morgan fingerprint density at radius 2 is 2.54 bits per heavy atom. The van der Waals surface area contributed by atoms with Crippen molar-refractivity contribution < 1.29 is 4.92 Å². The van der Waals surface area contributed by atoms with Crippen LogP contribution in [0.4, 0.5) is 10.1 Å². The Hall–Kier alpha value is -1.17. The first-order valence-electron chi connectivity index (χ1n) is 4.03. The molecule has 1 saturated carbocycles. The zero-order valence-corrected chi connectivity index (χ0v) is 7.87. The monoisotopic (exact) mass is 199 g/mol. The number of anilines is 1. The van der Waals surface area contributed by atoms with Crippen molar-refractivity contribution in [3.63, 3.8) is 0 Å². The molecule has 0 aliphatic heterocycles. The van der Waals surface area contributed by atoms with Crippen LogP contribution in [0.5, 0.6) is 0 Å². The fourth-order valence-electron chi connectivity index (χ4n) is 1.10. The molecular formula is C7H9N3O2S. The second-order valence-corrected chi connectivity index (χ2v) is 4.23. The third-order valence-electron chi connectivity index (χ3n) is 2.09. The molecule has 70 valence electrons. The first kappa shape index (κ1) is 8.43. The number of nitro groups is 1. The lowest BCUT2D eigenvalue weighted by molar-refractivity contribution is -0.380. The summed E-state index contributed by atoms with van der Waals surface area (Å²) in [5.41, 5.74) is 0. The molecule has 0 radical (unpaired) electrons. The van der Waals surface area contributed by atoms with E-state index in [2.05, 4.69) is 17.2 Å². The van der Waals surface area contributed by atoms with Crippen LogP contribution in [0.25, 0.3) is 0 Å². The summed E-state index contributed by atoms with van der Waals surface area (Å²) in [5, 5.41) is 14.2. The molecule has 0 aromatic carbocycles. The molecule has 0 saturated heterocycles. The number of nitrogens with zero attached hydrogens (tertiary/aromatic N) is 2. The predicted octanol–water partition coefficient (Wildman–Crippen LogP) is 1.87. The summed E-state index contributed by atoms with van der Waals surface area (Å²) < 4.78 is 0. The first-order valence-corrected chi connectivity index (χ1v) is 4.85. The average Bonchev–Trinajstić information content (AvgIpc) is 2.61. The van der Waals surface area contributed by atoms with Gasteiger partial charge >= 0.3 is 5.00 Å². The van der Waals surface area contributed by atoms with Gasteiger partial charge in [-0.2, -0.15) is 0 Å². The number of nitrogens with one attached hydrogen (secondary N) is 1. The van der Waals surface area contributed by atoms with Crippen LogP contribution in [0.1, 0.15) is 13.3 Å². The van der Waals surface area contributed by atoms with Crippen LogP contribution < -0.4 is 5.32 Å². The first-order chi connectivity index (χ1) is 6.16. The summed E-state index contributed by atoms with van der Waals surface area (Å²) >= 11 is 1.09. The molecule has 1 aromatic rings. The van der Waals surface area contributed by atoms with Crippen molar-refractivity contribution in [3.05, 3.63) is 16.3 Å². The van der Waals surface area contributed by atoms with E-state index in [1.807, 2.05) is 0 Å². The Balaban J connectivity index is 2.01. The highest BCUT2D eigenvalue weighted by Gasteiger charge is 2.33. The fraction of sp³-hybridized carbons (Fsp3) is 0.571. The molecule has 2 atom stereocenters. The van der Waals surface area contributed by atoms with Gasteiger partial charge < -0.3 is 5.32 Å². The van der Waals surface area contributed by atoms with E-state index in [1.165, 1.54) is 6.20 Å². The molecule has 1 aliphatic rings. The normalized spacial score (nSPS) is 25.6. The van der Waals surface area contributed by atoms with Crippen molar-refractivity contribution in [1.29, 1.82) is 0 Å². The SMILES string of the molecule is CC1CC1Nc1ncc([N+](=O)[O-])s1. The largest absolute Gasteiger partial charge is 0.358 e. The molecule has 0 amide bonds. The summed E-state index contributed by atoms with van der Waals surface area (Å²) in [6, 6.07) is 0.464. The highest BCUT2D eigenvalue weighted by Crippen LogP contribution is 2.35. The Kier molecular flexibility index (Phi) is 1.91. The van der Waals surface area contributed by atoms with Crippen LogP contribution in [-0.2, 0) is 0 Å². The minimum atomic E-state index is -0.417. The Morgan fingerprint density at radius 3 is 3.00 bits per heavy atom. The zero-order chi connectivity index (χ0) is 9.42. The van der Waals surface area contributed by atoms with Gasteiger partial charge in [0.05, 0.1) is 4.92 Å². The van der Waals surface area contributed by atoms with E-state index in [-0.39, 0.29) is 5.00 Å². The smallest absolute Gasteiger partial charge is 0.345 e. The molecule has 1 heterocycles. The second-order valence-electron chi connectivity index (χ2n) is 3.22. The van der Waals surface area contributed by atoms with E-state index in [0.717, 1.165) is 17.8 Å². The minimum absolute atomic E-state index is 0.0933. The van der Waals surface area contributed by atoms with Crippen molar-refractivity contribution in [2.75, 3.05) is 5.32 Å². The van der Waals surface area contributed by atoms with Gasteiger partial charge in [0.15, 0.2) is 5.13 Å². The fourth-order valence-corrected chi connectivity index (χ4v) is 1.79. The van der Waals surface area contributed by atoms with Gasteiger partial charge in [-0.05, 0) is 23.7 Å².